The van der Waals surface area contributed by atoms with E-state index in [1.54, 1.807) is 29.5 Å². The third-order valence-electron chi connectivity index (χ3n) is 7.57. The topological polar surface area (TPSA) is 122 Å². The number of ether oxygens (including phenoxy) is 1. The highest BCUT2D eigenvalue weighted by Gasteiger charge is 2.22. The molecule has 6 rings (SSSR count). The van der Waals surface area contributed by atoms with Crippen molar-refractivity contribution in [2.75, 3.05) is 30.0 Å². The molecular formula is C37H39N9O2. The third kappa shape index (κ3) is 7.76. The lowest BCUT2D eigenvalue weighted by Crippen LogP contribution is -2.21. The van der Waals surface area contributed by atoms with E-state index in [1.807, 2.05) is 80.8 Å². The molecule has 2 amide bonds. The molecule has 3 N–H and O–H groups in total. The summed E-state index contributed by atoms with van der Waals surface area (Å²) < 4.78 is 8.05. The van der Waals surface area contributed by atoms with Crippen LogP contribution in [0.15, 0.2) is 104 Å². The smallest absolute Gasteiger partial charge is 0.324 e. The molecule has 0 aliphatic heterocycles. The highest BCUT2D eigenvalue weighted by atomic mass is 16.5. The van der Waals surface area contributed by atoms with E-state index in [2.05, 4.69) is 68.7 Å². The normalized spacial score (nSPS) is 11.5. The largest absolute Gasteiger partial charge is 0.488 e. The van der Waals surface area contributed by atoms with Crippen LogP contribution in [0.4, 0.5) is 27.9 Å². The van der Waals surface area contributed by atoms with Gasteiger partial charge < -0.3 is 20.3 Å². The van der Waals surface area contributed by atoms with Crippen molar-refractivity contribution in [3.63, 3.8) is 0 Å². The average molecular weight is 642 g/mol. The number of hydrogen-bond donors (Lipinski definition) is 3. The Kier molecular flexibility index (Phi) is 9.31. The molecule has 48 heavy (non-hydrogen) atoms. The highest BCUT2D eigenvalue weighted by Crippen LogP contribution is 2.33. The van der Waals surface area contributed by atoms with E-state index in [1.165, 1.54) is 5.56 Å². The van der Waals surface area contributed by atoms with Crippen molar-refractivity contribution >= 4 is 39.9 Å². The molecule has 0 radical (unpaired) electrons. The van der Waals surface area contributed by atoms with E-state index in [4.69, 9.17) is 9.84 Å². The number of benzene rings is 3. The van der Waals surface area contributed by atoms with Crippen molar-refractivity contribution in [3.05, 3.63) is 120 Å². The number of pyridine rings is 1. The monoisotopic (exact) mass is 641 g/mol. The molecule has 0 atom stereocenters. The molecule has 0 aliphatic carbocycles. The summed E-state index contributed by atoms with van der Waals surface area (Å²) in [5.74, 6) is 2.52. The number of urea groups is 1. The summed E-state index contributed by atoms with van der Waals surface area (Å²) in [7, 11) is 4.09. The average Bonchev–Trinajstić information content (AvgIpc) is 3.49. The standard InChI is InChI=1S/C37H39N9O2/c1-37(2,3)32-21-35(46(44-32)27-12-10-25(11-13-27)23-45(4)5)43-36(47)41-30-14-15-31(29-9-7-6-8-28(29)30)48-24-26-16-17-39-33(20-26)42-34-22-38-18-19-40-34/h6-22H,23-24H2,1-5H3,(H,39,40,42)(H2,41,43,47). The van der Waals surface area contributed by atoms with Gasteiger partial charge in [-0.25, -0.2) is 19.4 Å². The molecule has 244 valence electrons. The van der Waals surface area contributed by atoms with Gasteiger partial charge >= 0.3 is 6.03 Å². The van der Waals surface area contributed by atoms with E-state index in [9.17, 15) is 4.79 Å². The lowest BCUT2D eigenvalue weighted by molar-refractivity contribution is 0.262. The van der Waals surface area contributed by atoms with E-state index in [0.29, 0.717) is 35.5 Å². The first-order valence-corrected chi connectivity index (χ1v) is 15.7. The van der Waals surface area contributed by atoms with Crippen molar-refractivity contribution in [1.29, 1.82) is 0 Å². The molecule has 3 aromatic carbocycles. The number of aromatic nitrogens is 5. The highest BCUT2D eigenvalue weighted by molar-refractivity contribution is 6.07. The first kappa shape index (κ1) is 32.1. The Morgan fingerprint density at radius 3 is 2.33 bits per heavy atom. The van der Waals surface area contributed by atoms with Gasteiger partial charge in [0.15, 0.2) is 0 Å². The number of anilines is 4. The SMILES string of the molecule is CN(C)Cc1ccc(-n2nc(C(C)(C)C)cc2NC(=O)Nc2ccc(OCc3ccnc(Nc4cnccn4)c3)c3ccccc23)cc1. The molecule has 11 heteroatoms. The van der Waals surface area contributed by atoms with Crippen molar-refractivity contribution in [1.82, 2.24) is 29.6 Å². The minimum Gasteiger partial charge on any atom is -0.488 e. The number of fused-ring (bicyclic) bond motifs is 1. The lowest BCUT2D eigenvalue weighted by atomic mass is 9.92. The Labute approximate surface area is 280 Å². The van der Waals surface area contributed by atoms with Gasteiger partial charge in [0.05, 0.1) is 23.3 Å². The van der Waals surface area contributed by atoms with Crippen LogP contribution in [0.2, 0.25) is 0 Å². The second kappa shape index (κ2) is 13.9. The minimum absolute atomic E-state index is 0.208. The second-order valence-corrected chi connectivity index (χ2v) is 12.8. The summed E-state index contributed by atoms with van der Waals surface area (Å²) >= 11 is 0. The first-order chi connectivity index (χ1) is 23.1. The quantitative estimate of drug-likeness (QED) is 0.140. The van der Waals surface area contributed by atoms with Gasteiger partial charge in [-0.15, -0.1) is 0 Å². The maximum absolute atomic E-state index is 13.5. The Hall–Kier alpha value is -5.81. The molecule has 0 bridgehead atoms. The Morgan fingerprint density at radius 2 is 1.60 bits per heavy atom. The molecule has 11 nitrogen and oxygen atoms in total. The zero-order valence-electron chi connectivity index (χ0n) is 27.7. The number of nitrogens with one attached hydrogen (secondary N) is 3. The molecule has 0 spiro atoms. The summed E-state index contributed by atoms with van der Waals surface area (Å²) in [6.07, 6.45) is 6.59. The van der Waals surface area contributed by atoms with Gasteiger partial charge in [-0.1, -0.05) is 57.2 Å². The van der Waals surface area contributed by atoms with Gasteiger partial charge in [-0.05, 0) is 61.6 Å². The van der Waals surface area contributed by atoms with Gasteiger partial charge in [0.1, 0.15) is 29.8 Å². The summed E-state index contributed by atoms with van der Waals surface area (Å²) in [6, 6.07) is 25.1. The number of amides is 2. The van der Waals surface area contributed by atoms with E-state index in [0.717, 1.165) is 34.3 Å². The number of carbonyl (C=O) groups is 1. The summed E-state index contributed by atoms with van der Waals surface area (Å²) in [4.78, 5) is 28.3. The van der Waals surface area contributed by atoms with Crippen LogP contribution in [0.25, 0.3) is 16.5 Å². The predicted octanol–water partition coefficient (Wildman–Crippen LogP) is 7.54. The van der Waals surface area contributed by atoms with Crippen LogP contribution >= 0.6 is 0 Å². The van der Waals surface area contributed by atoms with Crippen LogP contribution in [-0.4, -0.2) is 49.8 Å². The maximum atomic E-state index is 13.5. The van der Waals surface area contributed by atoms with Crippen molar-refractivity contribution < 1.29 is 9.53 Å². The molecule has 3 heterocycles. The van der Waals surface area contributed by atoms with Gasteiger partial charge in [0.25, 0.3) is 0 Å². The second-order valence-electron chi connectivity index (χ2n) is 12.8. The van der Waals surface area contributed by atoms with E-state index < -0.39 is 0 Å². The van der Waals surface area contributed by atoms with Crippen LogP contribution < -0.4 is 20.7 Å². The fourth-order valence-corrected chi connectivity index (χ4v) is 5.21. The predicted molar refractivity (Wildman–Crippen MR) is 190 cm³/mol. The van der Waals surface area contributed by atoms with Crippen LogP contribution in [0, 0.1) is 0 Å². The fraction of sp³-hybridized carbons (Fsp3) is 0.216. The van der Waals surface area contributed by atoms with Crippen molar-refractivity contribution in [2.24, 2.45) is 0 Å². The van der Waals surface area contributed by atoms with Gasteiger partial charge in [-0.2, -0.15) is 5.10 Å². The number of hydrogen-bond acceptors (Lipinski definition) is 8. The molecule has 0 fully saturated rings. The first-order valence-electron chi connectivity index (χ1n) is 15.7. The van der Waals surface area contributed by atoms with Crippen LogP contribution in [-0.2, 0) is 18.6 Å². The van der Waals surface area contributed by atoms with E-state index in [-0.39, 0.29) is 11.4 Å². The number of rotatable bonds is 10. The van der Waals surface area contributed by atoms with Crippen LogP contribution in [0.5, 0.6) is 5.75 Å². The molecule has 0 unspecified atom stereocenters. The Morgan fingerprint density at radius 1 is 0.833 bits per heavy atom. The summed E-state index contributed by atoms with van der Waals surface area (Å²) in [5.41, 5.74) is 4.30. The molecular weight excluding hydrogens is 602 g/mol. The molecule has 0 saturated carbocycles. The molecule has 0 aliphatic rings. The fourth-order valence-electron chi connectivity index (χ4n) is 5.21. The van der Waals surface area contributed by atoms with Crippen LogP contribution in [0.3, 0.4) is 0 Å². The Bertz CT molecular complexity index is 2020. The zero-order valence-corrected chi connectivity index (χ0v) is 27.7. The molecule has 0 saturated heterocycles. The lowest BCUT2D eigenvalue weighted by Gasteiger charge is -2.15. The number of nitrogens with zero attached hydrogens (tertiary/aromatic N) is 6. The van der Waals surface area contributed by atoms with Crippen LogP contribution in [0.1, 0.15) is 37.6 Å². The van der Waals surface area contributed by atoms with Crippen molar-refractivity contribution in [2.45, 2.75) is 39.3 Å². The van der Waals surface area contributed by atoms with E-state index >= 15 is 0 Å². The van der Waals surface area contributed by atoms with Gasteiger partial charge in [-0.3, -0.25) is 10.3 Å². The maximum Gasteiger partial charge on any atom is 0.324 e. The Balaban J connectivity index is 1.18. The molecule has 6 aromatic rings. The minimum atomic E-state index is -0.375. The molecule has 3 aromatic heterocycles. The zero-order chi connectivity index (χ0) is 33.7. The third-order valence-corrected chi connectivity index (χ3v) is 7.57. The van der Waals surface area contributed by atoms with Crippen molar-refractivity contribution in [3.8, 4) is 11.4 Å². The summed E-state index contributed by atoms with van der Waals surface area (Å²) in [5, 5.41) is 15.8. The number of carbonyl (C=O) groups excluding carboxylic acids is 1. The van der Waals surface area contributed by atoms with Gasteiger partial charge in [0.2, 0.25) is 0 Å². The summed E-state index contributed by atoms with van der Waals surface area (Å²) in [6.45, 7) is 7.47. The van der Waals surface area contributed by atoms with Gasteiger partial charge in [0, 0.05) is 47.4 Å².